The standard InChI is InChI=1S/C15H13N3O2/c16-8-1-2-11-7-9-17-14(10-11)18-15(20)12-3-5-13(19)6-4-12/h3-7,9-10,19H,8,16H2,(H,17,18,20). The van der Waals surface area contributed by atoms with E-state index in [4.69, 9.17) is 5.73 Å². The molecule has 0 atom stereocenters. The molecule has 0 bridgehead atoms. The lowest BCUT2D eigenvalue weighted by Gasteiger charge is -2.04. The minimum absolute atomic E-state index is 0.110. The summed E-state index contributed by atoms with van der Waals surface area (Å²) < 4.78 is 0. The maximum absolute atomic E-state index is 12.0. The fourth-order valence-electron chi connectivity index (χ4n) is 1.53. The fourth-order valence-corrected chi connectivity index (χ4v) is 1.53. The van der Waals surface area contributed by atoms with E-state index in [2.05, 4.69) is 22.1 Å². The second-order valence-electron chi connectivity index (χ2n) is 3.94. The molecule has 5 nitrogen and oxygen atoms in total. The number of pyridine rings is 1. The molecule has 0 fully saturated rings. The van der Waals surface area contributed by atoms with Crippen molar-refractivity contribution in [2.24, 2.45) is 5.73 Å². The zero-order valence-corrected chi connectivity index (χ0v) is 10.6. The highest BCUT2D eigenvalue weighted by atomic mass is 16.3. The van der Waals surface area contributed by atoms with E-state index in [9.17, 15) is 9.90 Å². The summed E-state index contributed by atoms with van der Waals surface area (Å²) in [6.07, 6.45) is 1.56. The van der Waals surface area contributed by atoms with E-state index in [0.29, 0.717) is 11.4 Å². The van der Waals surface area contributed by atoms with Crippen molar-refractivity contribution in [3.8, 4) is 17.6 Å². The monoisotopic (exact) mass is 267 g/mol. The van der Waals surface area contributed by atoms with Gasteiger partial charge in [-0.25, -0.2) is 4.98 Å². The predicted molar refractivity (Wildman–Crippen MR) is 76.2 cm³/mol. The number of amides is 1. The number of carbonyl (C=O) groups excluding carboxylic acids is 1. The van der Waals surface area contributed by atoms with Gasteiger partial charge >= 0.3 is 0 Å². The number of nitrogens with two attached hydrogens (primary N) is 1. The molecule has 1 aromatic heterocycles. The van der Waals surface area contributed by atoms with Gasteiger partial charge in [0.1, 0.15) is 11.6 Å². The topological polar surface area (TPSA) is 88.2 Å². The Morgan fingerprint density at radius 2 is 2.05 bits per heavy atom. The summed E-state index contributed by atoms with van der Waals surface area (Å²) in [7, 11) is 0. The Morgan fingerprint density at radius 3 is 2.75 bits per heavy atom. The molecule has 0 aliphatic carbocycles. The number of rotatable bonds is 2. The third kappa shape index (κ3) is 3.57. The third-order valence-electron chi connectivity index (χ3n) is 2.47. The molecule has 4 N–H and O–H groups in total. The van der Waals surface area contributed by atoms with Gasteiger partial charge in [-0.1, -0.05) is 11.8 Å². The molecule has 1 heterocycles. The Balaban J connectivity index is 2.13. The number of hydrogen-bond acceptors (Lipinski definition) is 4. The fraction of sp³-hybridized carbons (Fsp3) is 0.0667. The second-order valence-corrected chi connectivity index (χ2v) is 3.94. The first-order valence-corrected chi connectivity index (χ1v) is 5.94. The second kappa shape index (κ2) is 6.36. The molecule has 100 valence electrons. The summed E-state index contributed by atoms with van der Waals surface area (Å²) in [5.74, 6) is 5.81. The van der Waals surface area contributed by atoms with Crippen LogP contribution in [0.4, 0.5) is 5.82 Å². The van der Waals surface area contributed by atoms with Crippen LogP contribution in [0.1, 0.15) is 15.9 Å². The van der Waals surface area contributed by atoms with E-state index in [1.165, 1.54) is 24.3 Å². The minimum Gasteiger partial charge on any atom is -0.508 e. The number of benzene rings is 1. The molecule has 5 heteroatoms. The number of phenolic OH excluding ortho intramolecular Hbond substituents is 1. The van der Waals surface area contributed by atoms with Gasteiger partial charge in [-0.15, -0.1) is 0 Å². The first-order chi connectivity index (χ1) is 9.69. The molecule has 0 saturated heterocycles. The van der Waals surface area contributed by atoms with Gasteiger partial charge in [0.05, 0.1) is 6.54 Å². The van der Waals surface area contributed by atoms with Crippen LogP contribution >= 0.6 is 0 Å². The highest BCUT2D eigenvalue weighted by molar-refractivity contribution is 6.03. The number of anilines is 1. The maximum Gasteiger partial charge on any atom is 0.256 e. The first kappa shape index (κ1) is 13.6. The van der Waals surface area contributed by atoms with Crippen LogP contribution in [0, 0.1) is 11.8 Å². The zero-order chi connectivity index (χ0) is 14.4. The third-order valence-corrected chi connectivity index (χ3v) is 2.47. The van der Waals surface area contributed by atoms with Crippen LogP contribution in [-0.4, -0.2) is 22.5 Å². The number of hydrogen-bond donors (Lipinski definition) is 3. The Bertz CT molecular complexity index is 670. The Hall–Kier alpha value is -2.84. The van der Waals surface area contributed by atoms with Crippen molar-refractivity contribution in [1.29, 1.82) is 0 Å². The highest BCUT2D eigenvalue weighted by Gasteiger charge is 2.06. The molecular weight excluding hydrogens is 254 g/mol. The summed E-state index contributed by atoms with van der Waals surface area (Å²) in [5.41, 5.74) is 6.47. The lowest BCUT2D eigenvalue weighted by atomic mass is 10.2. The van der Waals surface area contributed by atoms with Crippen molar-refractivity contribution in [3.05, 3.63) is 53.7 Å². The van der Waals surface area contributed by atoms with Crippen LogP contribution in [0.25, 0.3) is 0 Å². The normalized spacial score (nSPS) is 9.45. The molecule has 0 saturated carbocycles. The summed E-state index contributed by atoms with van der Waals surface area (Å²) in [6.45, 7) is 0.275. The molecule has 0 spiro atoms. The lowest BCUT2D eigenvalue weighted by molar-refractivity contribution is 0.102. The number of carbonyl (C=O) groups is 1. The SMILES string of the molecule is NCC#Cc1ccnc(NC(=O)c2ccc(O)cc2)c1. The van der Waals surface area contributed by atoms with Crippen molar-refractivity contribution in [2.75, 3.05) is 11.9 Å². The van der Waals surface area contributed by atoms with E-state index in [1.807, 2.05) is 0 Å². The van der Waals surface area contributed by atoms with E-state index in [0.717, 1.165) is 5.56 Å². The van der Waals surface area contributed by atoms with Crippen LogP contribution in [0.3, 0.4) is 0 Å². The van der Waals surface area contributed by atoms with E-state index in [1.54, 1.807) is 18.3 Å². The van der Waals surface area contributed by atoms with Crippen molar-refractivity contribution in [1.82, 2.24) is 4.98 Å². The minimum atomic E-state index is -0.304. The molecule has 0 unspecified atom stereocenters. The predicted octanol–water partition coefficient (Wildman–Crippen LogP) is 1.35. The van der Waals surface area contributed by atoms with Gasteiger partial charge in [0.25, 0.3) is 5.91 Å². The summed E-state index contributed by atoms with van der Waals surface area (Å²) in [4.78, 5) is 16.0. The van der Waals surface area contributed by atoms with E-state index in [-0.39, 0.29) is 18.2 Å². The first-order valence-electron chi connectivity index (χ1n) is 5.94. The quantitative estimate of drug-likeness (QED) is 0.717. The highest BCUT2D eigenvalue weighted by Crippen LogP contribution is 2.12. The van der Waals surface area contributed by atoms with Gasteiger partial charge in [0, 0.05) is 17.3 Å². The average molecular weight is 267 g/mol. The van der Waals surface area contributed by atoms with Crippen molar-refractivity contribution < 1.29 is 9.90 Å². The number of phenols is 1. The average Bonchev–Trinajstić information content (AvgIpc) is 2.46. The van der Waals surface area contributed by atoms with E-state index < -0.39 is 0 Å². The Kier molecular flexibility index (Phi) is 4.32. The molecule has 2 aromatic rings. The van der Waals surface area contributed by atoms with Crippen molar-refractivity contribution >= 4 is 11.7 Å². The van der Waals surface area contributed by atoms with E-state index >= 15 is 0 Å². The van der Waals surface area contributed by atoms with Gasteiger partial charge in [-0.2, -0.15) is 0 Å². The molecule has 0 radical (unpaired) electrons. The molecule has 2 rings (SSSR count). The number of aromatic hydroxyl groups is 1. The van der Waals surface area contributed by atoms with Crippen LogP contribution in [0.5, 0.6) is 5.75 Å². The molecule has 1 amide bonds. The number of aromatic nitrogens is 1. The summed E-state index contributed by atoms with van der Waals surface area (Å²) in [6, 6.07) is 9.36. The van der Waals surface area contributed by atoms with Crippen molar-refractivity contribution in [3.63, 3.8) is 0 Å². The maximum atomic E-state index is 12.0. The van der Waals surface area contributed by atoms with Crippen LogP contribution in [-0.2, 0) is 0 Å². The summed E-state index contributed by atoms with van der Waals surface area (Å²) >= 11 is 0. The van der Waals surface area contributed by atoms with Gasteiger partial charge in [-0.05, 0) is 36.4 Å². The summed E-state index contributed by atoms with van der Waals surface area (Å²) in [5, 5.41) is 11.8. The zero-order valence-electron chi connectivity index (χ0n) is 10.6. The van der Waals surface area contributed by atoms with Gasteiger partial charge in [0.15, 0.2) is 0 Å². The number of nitrogens with one attached hydrogen (secondary N) is 1. The molecule has 0 aliphatic heterocycles. The largest absolute Gasteiger partial charge is 0.508 e. The van der Waals surface area contributed by atoms with Crippen molar-refractivity contribution in [2.45, 2.75) is 0 Å². The molecule has 1 aromatic carbocycles. The van der Waals surface area contributed by atoms with Crippen LogP contribution in [0.15, 0.2) is 42.6 Å². The number of nitrogens with zero attached hydrogens (tertiary/aromatic N) is 1. The Labute approximate surface area is 116 Å². The Morgan fingerprint density at radius 1 is 1.30 bits per heavy atom. The lowest BCUT2D eigenvalue weighted by Crippen LogP contribution is -2.12. The van der Waals surface area contributed by atoms with Crippen LogP contribution < -0.4 is 11.1 Å². The molecule has 0 aliphatic rings. The van der Waals surface area contributed by atoms with Gasteiger partial charge < -0.3 is 16.2 Å². The smallest absolute Gasteiger partial charge is 0.256 e. The van der Waals surface area contributed by atoms with Crippen LogP contribution in [0.2, 0.25) is 0 Å². The van der Waals surface area contributed by atoms with Gasteiger partial charge in [-0.3, -0.25) is 4.79 Å². The van der Waals surface area contributed by atoms with Gasteiger partial charge in [0.2, 0.25) is 0 Å². The molecular formula is C15H13N3O2. The molecule has 20 heavy (non-hydrogen) atoms.